The van der Waals surface area contributed by atoms with Crippen molar-refractivity contribution in [3.05, 3.63) is 59.2 Å². The number of hydrogen-bond donors (Lipinski definition) is 1. The molecular formula is C21H26N2O2. The van der Waals surface area contributed by atoms with Gasteiger partial charge in [0.05, 0.1) is 13.2 Å². The van der Waals surface area contributed by atoms with Crippen LogP contribution < -0.4 is 4.90 Å². The lowest BCUT2D eigenvalue weighted by atomic mass is 9.96. The third-order valence-corrected chi connectivity index (χ3v) is 5.51. The summed E-state index contributed by atoms with van der Waals surface area (Å²) in [6.45, 7) is 7.84. The van der Waals surface area contributed by atoms with E-state index in [1.165, 1.54) is 22.4 Å². The van der Waals surface area contributed by atoms with Gasteiger partial charge in [-0.1, -0.05) is 18.2 Å². The predicted molar refractivity (Wildman–Crippen MR) is 100 cm³/mol. The summed E-state index contributed by atoms with van der Waals surface area (Å²) in [6.07, 6.45) is 0.997. The van der Waals surface area contributed by atoms with Crippen LogP contribution in [-0.2, 0) is 17.7 Å². The zero-order valence-corrected chi connectivity index (χ0v) is 14.8. The molecule has 2 aromatic carbocycles. The zero-order chi connectivity index (χ0) is 17.2. The average Bonchev–Trinajstić information content (AvgIpc) is 2.68. The predicted octanol–water partition coefficient (Wildman–Crippen LogP) is 3.35. The van der Waals surface area contributed by atoms with E-state index in [-0.39, 0.29) is 0 Å². The van der Waals surface area contributed by atoms with Crippen molar-refractivity contribution in [1.29, 1.82) is 0 Å². The van der Waals surface area contributed by atoms with Crippen molar-refractivity contribution in [2.45, 2.75) is 25.9 Å². The summed E-state index contributed by atoms with van der Waals surface area (Å²) in [5.74, 6) is 0.374. The van der Waals surface area contributed by atoms with Crippen LogP contribution in [0.3, 0.4) is 0 Å². The molecule has 1 saturated heterocycles. The molecule has 4 heteroatoms. The van der Waals surface area contributed by atoms with Gasteiger partial charge in [-0.15, -0.1) is 0 Å². The van der Waals surface area contributed by atoms with Crippen LogP contribution in [0.15, 0.2) is 42.5 Å². The van der Waals surface area contributed by atoms with Crippen LogP contribution in [0.5, 0.6) is 5.75 Å². The van der Waals surface area contributed by atoms with Gasteiger partial charge in [0, 0.05) is 37.9 Å². The molecule has 0 radical (unpaired) electrons. The molecule has 4 nitrogen and oxygen atoms in total. The van der Waals surface area contributed by atoms with Crippen LogP contribution >= 0.6 is 0 Å². The number of aromatic hydroxyl groups is 1. The number of phenols is 1. The quantitative estimate of drug-likeness (QED) is 0.931. The van der Waals surface area contributed by atoms with Gasteiger partial charge in [-0.2, -0.15) is 0 Å². The second-order valence-corrected chi connectivity index (χ2v) is 7.04. The molecule has 2 aliphatic rings. The molecule has 2 aliphatic heterocycles. The molecule has 0 saturated carbocycles. The molecule has 1 unspecified atom stereocenters. The van der Waals surface area contributed by atoms with Crippen molar-refractivity contribution < 1.29 is 9.84 Å². The third kappa shape index (κ3) is 3.51. The summed E-state index contributed by atoms with van der Waals surface area (Å²) < 4.78 is 5.47. The van der Waals surface area contributed by atoms with E-state index >= 15 is 0 Å². The molecule has 1 atom stereocenters. The Hall–Kier alpha value is -2.04. The summed E-state index contributed by atoms with van der Waals surface area (Å²) >= 11 is 0. The number of rotatable bonds is 3. The lowest BCUT2D eigenvalue weighted by Gasteiger charge is -2.35. The standard InChI is InChI=1S/C21H26N2O2/c1-16(23-8-7-18-14-21(24)6-5-19(18)15-23)17-3-2-4-20(13-17)22-9-11-25-12-10-22/h2-6,13-14,16,24H,7-12,15H2,1H3. The van der Waals surface area contributed by atoms with E-state index in [0.29, 0.717) is 11.8 Å². The largest absolute Gasteiger partial charge is 0.508 e. The van der Waals surface area contributed by atoms with Crippen LogP contribution in [0, 0.1) is 0 Å². The van der Waals surface area contributed by atoms with Gasteiger partial charge in [-0.25, -0.2) is 0 Å². The van der Waals surface area contributed by atoms with E-state index in [2.05, 4.69) is 47.1 Å². The number of anilines is 1. The van der Waals surface area contributed by atoms with Crippen molar-refractivity contribution in [2.24, 2.45) is 0 Å². The van der Waals surface area contributed by atoms with Crippen LogP contribution in [0.2, 0.25) is 0 Å². The maximum Gasteiger partial charge on any atom is 0.115 e. The fourth-order valence-electron chi connectivity index (χ4n) is 3.91. The van der Waals surface area contributed by atoms with Crippen molar-refractivity contribution in [2.75, 3.05) is 37.7 Å². The molecule has 2 heterocycles. The van der Waals surface area contributed by atoms with E-state index in [4.69, 9.17) is 4.74 Å². The molecular weight excluding hydrogens is 312 g/mol. The molecule has 1 fully saturated rings. The molecule has 25 heavy (non-hydrogen) atoms. The fraction of sp³-hybridized carbons (Fsp3) is 0.429. The van der Waals surface area contributed by atoms with Gasteiger partial charge in [0.25, 0.3) is 0 Å². The van der Waals surface area contributed by atoms with Gasteiger partial charge in [0.15, 0.2) is 0 Å². The molecule has 0 aliphatic carbocycles. The minimum atomic E-state index is 0.374. The minimum absolute atomic E-state index is 0.374. The molecule has 0 amide bonds. The number of ether oxygens (including phenoxy) is 1. The fourth-order valence-corrected chi connectivity index (χ4v) is 3.91. The molecule has 0 aromatic heterocycles. The normalized spacial score (nSPS) is 19.5. The van der Waals surface area contributed by atoms with Gasteiger partial charge in [-0.05, 0) is 54.3 Å². The Morgan fingerprint density at radius 1 is 1.00 bits per heavy atom. The van der Waals surface area contributed by atoms with Crippen LogP contribution in [0.25, 0.3) is 0 Å². The summed E-state index contributed by atoms with van der Waals surface area (Å²) in [6, 6.07) is 15.1. The van der Waals surface area contributed by atoms with E-state index in [1.807, 2.05) is 6.07 Å². The topological polar surface area (TPSA) is 35.9 Å². The average molecular weight is 338 g/mol. The van der Waals surface area contributed by atoms with Crippen LogP contribution in [0.4, 0.5) is 5.69 Å². The lowest BCUT2D eigenvalue weighted by Crippen LogP contribution is -2.36. The van der Waals surface area contributed by atoms with Gasteiger partial charge in [-0.3, -0.25) is 4.90 Å². The van der Waals surface area contributed by atoms with Gasteiger partial charge < -0.3 is 14.7 Å². The highest BCUT2D eigenvalue weighted by Gasteiger charge is 2.22. The second-order valence-electron chi connectivity index (χ2n) is 7.04. The summed E-state index contributed by atoms with van der Waals surface area (Å²) in [7, 11) is 0. The third-order valence-electron chi connectivity index (χ3n) is 5.51. The second kappa shape index (κ2) is 7.06. The van der Waals surface area contributed by atoms with Crippen molar-refractivity contribution in [3.8, 4) is 5.75 Å². The first-order chi connectivity index (χ1) is 12.2. The molecule has 2 aromatic rings. The Bertz CT molecular complexity index is 740. The lowest BCUT2D eigenvalue weighted by molar-refractivity contribution is 0.122. The van der Waals surface area contributed by atoms with Gasteiger partial charge in [0.2, 0.25) is 0 Å². The highest BCUT2D eigenvalue weighted by molar-refractivity contribution is 5.49. The van der Waals surface area contributed by atoms with Gasteiger partial charge >= 0.3 is 0 Å². The Balaban J connectivity index is 1.51. The summed E-state index contributed by atoms with van der Waals surface area (Å²) in [4.78, 5) is 4.94. The van der Waals surface area contributed by atoms with Crippen LogP contribution in [0.1, 0.15) is 29.7 Å². The van der Waals surface area contributed by atoms with E-state index < -0.39 is 0 Å². The summed E-state index contributed by atoms with van der Waals surface area (Å²) in [5.41, 5.74) is 5.28. The Morgan fingerprint density at radius 2 is 1.84 bits per heavy atom. The number of phenolic OH excluding ortho intramolecular Hbond substituents is 1. The number of hydrogen-bond acceptors (Lipinski definition) is 4. The Labute approximate surface area is 149 Å². The number of nitrogens with zero attached hydrogens (tertiary/aromatic N) is 2. The SMILES string of the molecule is CC(c1cccc(N2CCOCC2)c1)N1CCc2cc(O)ccc2C1. The first-order valence-corrected chi connectivity index (χ1v) is 9.18. The van der Waals surface area contributed by atoms with E-state index in [9.17, 15) is 5.11 Å². The monoisotopic (exact) mass is 338 g/mol. The van der Waals surface area contributed by atoms with Crippen molar-refractivity contribution >= 4 is 5.69 Å². The highest BCUT2D eigenvalue weighted by Crippen LogP contribution is 2.30. The highest BCUT2D eigenvalue weighted by atomic mass is 16.5. The number of fused-ring (bicyclic) bond motifs is 1. The Morgan fingerprint density at radius 3 is 2.68 bits per heavy atom. The molecule has 0 bridgehead atoms. The van der Waals surface area contributed by atoms with Crippen LogP contribution in [-0.4, -0.2) is 42.9 Å². The smallest absolute Gasteiger partial charge is 0.115 e. The maximum atomic E-state index is 9.67. The minimum Gasteiger partial charge on any atom is -0.508 e. The first-order valence-electron chi connectivity index (χ1n) is 9.18. The van der Waals surface area contributed by atoms with Crippen molar-refractivity contribution in [1.82, 2.24) is 4.90 Å². The number of morpholine rings is 1. The van der Waals surface area contributed by atoms with E-state index in [0.717, 1.165) is 45.8 Å². The van der Waals surface area contributed by atoms with E-state index in [1.54, 1.807) is 6.07 Å². The molecule has 4 rings (SSSR count). The first kappa shape index (κ1) is 16.4. The molecule has 1 N–H and O–H groups in total. The molecule has 0 spiro atoms. The molecule has 132 valence electrons. The van der Waals surface area contributed by atoms with Crippen molar-refractivity contribution in [3.63, 3.8) is 0 Å². The maximum absolute atomic E-state index is 9.67. The number of benzene rings is 2. The Kier molecular flexibility index (Phi) is 4.64. The van der Waals surface area contributed by atoms with Gasteiger partial charge in [0.1, 0.15) is 5.75 Å². The zero-order valence-electron chi connectivity index (χ0n) is 14.8. The summed E-state index contributed by atoms with van der Waals surface area (Å²) in [5, 5.41) is 9.67.